The summed E-state index contributed by atoms with van der Waals surface area (Å²) in [6.07, 6.45) is 2.61. The lowest BCUT2D eigenvalue weighted by Crippen LogP contribution is -2.63. The second kappa shape index (κ2) is 8.59. The molecular weight excluding hydrogens is 372 g/mol. The van der Waals surface area contributed by atoms with Crippen molar-refractivity contribution in [2.24, 2.45) is 0 Å². The zero-order chi connectivity index (χ0) is 21.1. The number of phenols is 2. The quantitative estimate of drug-likeness (QED) is 0.620. The Labute approximate surface area is 170 Å². The van der Waals surface area contributed by atoms with Gasteiger partial charge in [0.25, 0.3) is 0 Å². The van der Waals surface area contributed by atoms with Gasteiger partial charge in [0.15, 0.2) is 11.5 Å². The van der Waals surface area contributed by atoms with Gasteiger partial charge in [-0.05, 0) is 49.6 Å². The average molecular weight is 400 g/mol. The van der Waals surface area contributed by atoms with E-state index in [1.54, 1.807) is 11.0 Å². The number of piperazine rings is 1. The summed E-state index contributed by atoms with van der Waals surface area (Å²) < 4.78 is 5.75. The summed E-state index contributed by atoms with van der Waals surface area (Å²) in [5, 5.41) is 22.2. The van der Waals surface area contributed by atoms with Crippen molar-refractivity contribution in [1.82, 2.24) is 10.2 Å². The number of amides is 2. The molecule has 2 amide bonds. The summed E-state index contributed by atoms with van der Waals surface area (Å²) in [6, 6.07) is 5.05. The van der Waals surface area contributed by atoms with Crippen LogP contribution in [0.1, 0.15) is 48.8 Å². The number of aryl methyl sites for hydroxylation is 2. The molecule has 0 radical (unpaired) electrons. The number of hydrogen-bond acceptors (Lipinski definition) is 5. The van der Waals surface area contributed by atoms with Crippen molar-refractivity contribution in [2.75, 3.05) is 0 Å². The minimum Gasteiger partial charge on any atom is -0.504 e. The first-order chi connectivity index (χ1) is 13.8. The number of phenolic OH excluding ortho intramolecular Hbond substituents is 2. The maximum absolute atomic E-state index is 13.2. The molecule has 2 unspecified atom stereocenters. The summed E-state index contributed by atoms with van der Waals surface area (Å²) >= 11 is 0. The van der Waals surface area contributed by atoms with Crippen molar-refractivity contribution < 1.29 is 24.2 Å². The first kappa shape index (κ1) is 20.8. The minimum absolute atomic E-state index is 0.127. The molecule has 7 heteroatoms. The maximum Gasteiger partial charge on any atom is 0.246 e. The zero-order valence-electron chi connectivity index (χ0n) is 17.1. The molecule has 1 aliphatic rings. The van der Waals surface area contributed by atoms with E-state index in [0.29, 0.717) is 17.7 Å². The third-order valence-electron chi connectivity index (χ3n) is 5.43. The van der Waals surface area contributed by atoms with E-state index in [1.807, 2.05) is 26.8 Å². The summed E-state index contributed by atoms with van der Waals surface area (Å²) in [5.41, 5.74) is 1.65. The van der Waals surface area contributed by atoms with Crippen LogP contribution in [-0.2, 0) is 22.6 Å². The molecule has 1 fully saturated rings. The van der Waals surface area contributed by atoms with Crippen molar-refractivity contribution in [3.8, 4) is 11.5 Å². The van der Waals surface area contributed by atoms with E-state index < -0.39 is 12.1 Å². The SMILES string of the molecule is CCCCC1NC(=O)C(Cc2ccc(O)c(O)c2)N(Cc2cc(C)c(C)o2)C1=O. The van der Waals surface area contributed by atoms with E-state index >= 15 is 0 Å². The van der Waals surface area contributed by atoms with Gasteiger partial charge >= 0.3 is 0 Å². The molecule has 29 heavy (non-hydrogen) atoms. The molecule has 156 valence electrons. The molecule has 1 aliphatic heterocycles. The van der Waals surface area contributed by atoms with E-state index in [9.17, 15) is 19.8 Å². The van der Waals surface area contributed by atoms with Gasteiger partial charge in [0, 0.05) is 6.42 Å². The Kier molecular flexibility index (Phi) is 6.15. The first-order valence-corrected chi connectivity index (χ1v) is 9.97. The molecule has 2 atom stereocenters. The van der Waals surface area contributed by atoms with Crippen LogP contribution >= 0.6 is 0 Å². The normalized spacial score (nSPS) is 19.5. The van der Waals surface area contributed by atoms with Gasteiger partial charge in [0.05, 0.1) is 6.54 Å². The molecular formula is C22H28N2O5. The number of unbranched alkanes of at least 4 members (excludes halogenated alkanes) is 1. The standard InChI is InChI=1S/C22H28N2O5/c1-4-5-6-17-22(28)24(12-16-9-13(2)14(3)29-16)18(21(27)23-17)10-15-7-8-19(25)20(26)11-15/h7-9,11,17-18,25-26H,4-6,10,12H2,1-3H3,(H,23,27). The fourth-order valence-electron chi connectivity index (χ4n) is 3.63. The topological polar surface area (TPSA) is 103 Å². The highest BCUT2D eigenvalue weighted by atomic mass is 16.3. The predicted molar refractivity (Wildman–Crippen MR) is 107 cm³/mol. The van der Waals surface area contributed by atoms with Crippen LogP contribution in [0.15, 0.2) is 28.7 Å². The summed E-state index contributed by atoms with van der Waals surface area (Å²) in [4.78, 5) is 27.6. The molecule has 2 heterocycles. The van der Waals surface area contributed by atoms with Gasteiger partial charge in [-0.2, -0.15) is 0 Å². The number of carbonyl (C=O) groups excluding carboxylic acids is 2. The number of carbonyl (C=O) groups is 2. The van der Waals surface area contributed by atoms with Crippen LogP contribution in [0.2, 0.25) is 0 Å². The molecule has 1 aromatic carbocycles. The lowest BCUT2D eigenvalue weighted by atomic mass is 9.97. The molecule has 0 aliphatic carbocycles. The monoisotopic (exact) mass is 400 g/mol. The number of benzene rings is 1. The van der Waals surface area contributed by atoms with Gasteiger partial charge in [-0.25, -0.2) is 0 Å². The van der Waals surface area contributed by atoms with Crippen LogP contribution in [0.5, 0.6) is 11.5 Å². The molecule has 7 nitrogen and oxygen atoms in total. The molecule has 0 bridgehead atoms. The van der Waals surface area contributed by atoms with Crippen LogP contribution in [0, 0.1) is 13.8 Å². The van der Waals surface area contributed by atoms with E-state index in [4.69, 9.17) is 4.42 Å². The lowest BCUT2D eigenvalue weighted by molar-refractivity contribution is -0.150. The average Bonchev–Trinajstić information content (AvgIpc) is 3.00. The van der Waals surface area contributed by atoms with Crippen LogP contribution < -0.4 is 5.32 Å². The Morgan fingerprint density at radius 1 is 1.14 bits per heavy atom. The highest BCUT2D eigenvalue weighted by Gasteiger charge is 2.40. The molecule has 3 N–H and O–H groups in total. The smallest absolute Gasteiger partial charge is 0.246 e. The largest absolute Gasteiger partial charge is 0.504 e. The summed E-state index contributed by atoms with van der Waals surface area (Å²) in [6.45, 7) is 6.05. The Morgan fingerprint density at radius 3 is 2.52 bits per heavy atom. The molecule has 0 spiro atoms. The van der Waals surface area contributed by atoms with Crippen LogP contribution in [-0.4, -0.2) is 39.0 Å². The van der Waals surface area contributed by atoms with Crippen LogP contribution in [0.4, 0.5) is 0 Å². The van der Waals surface area contributed by atoms with Crippen LogP contribution in [0.25, 0.3) is 0 Å². The fourth-order valence-corrected chi connectivity index (χ4v) is 3.63. The second-order valence-electron chi connectivity index (χ2n) is 7.66. The fraction of sp³-hybridized carbons (Fsp3) is 0.455. The van der Waals surface area contributed by atoms with Gasteiger partial charge in [-0.15, -0.1) is 0 Å². The Hall–Kier alpha value is -2.96. The minimum atomic E-state index is -0.727. The van der Waals surface area contributed by atoms with Crippen molar-refractivity contribution in [2.45, 2.75) is 65.1 Å². The number of aromatic hydroxyl groups is 2. The number of nitrogens with one attached hydrogen (secondary N) is 1. The van der Waals surface area contributed by atoms with Gasteiger partial charge in [-0.1, -0.05) is 25.8 Å². The third kappa shape index (κ3) is 4.55. The number of nitrogens with zero attached hydrogens (tertiary/aromatic N) is 1. The number of rotatable bonds is 7. The Morgan fingerprint density at radius 2 is 1.90 bits per heavy atom. The Bertz CT molecular complexity index is 885. The van der Waals surface area contributed by atoms with Crippen molar-refractivity contribution in [3.63, 3.8) is 0 Å². The van der Waals surface area contributed by atoms with E-state index in [0.717, 1.165) is 24.2 Å². The van der Waals surface area contributed by atoms with Gasteiger partial charge in [0.2, 0.25) is 11.8 Å². The van der Waals surface area contributed by atoms with Crippen molar-refractivity contribution in [3.05, 3.63) is 46.9 Å². The second-order valence-corrected chi connectivity index (χ2v) is 7.66. The van der Waals surface area contributed by atoms with E-state index in [2.05, 4.69) is 5.32 Å². The number of hydrogen-bond donors (Lipinski definition) is 3. The van der Waals surface area contributed by atoms with Crippen molar-refractivity contribution in [1.29, 1.82) is 0 Å². The molecule has 0 saturated carbocycles. The lowest BCUT2D eigenvalue weighted by Gasteiger charge is -2.38. The van der Waals surface area contributed by atoms with E-state index in [1.165, 1.54) is 12.1 Å². The Balaban J connectivity index is 1.88. The molecule has 1 saturated heterocycles. The highest BCUT2D eigenvalue weighted by molar-refractivity contribution is 5.97. The zero-order valence-corrected chi connectivity index (χ0v) is 17.1. The summed E-state index contributed by atoms with van der Waals surface area (Å²) in [7, 11) is 0. The number of furan rings is 1. The van der Waals surface area contributed by atoms with Crippen LogP contribution in [0.3, 0.4) is 0 Å². The van der Waals surface area contributed by atoms with E-state index in [-0.39, 0.29) is 36.3 Å². The van der Waals surface area contributed by atoms with Gasteiger partial charge < -0.3 is 24.8 Å². The first-order valence-electron chi connectivity index (χ1n) is 9.97. The molecule has 2 aromatic rings. The van der Waals surface area contributed by atoms with Gasteiger partial charge in [-0.3, -0.25) is 9.59 Å². The third-order valence-corrected chi connectivity index (χ3v) is 5.43. The molecule has 1 aromatic heterocycles. The predicted octanol–water partition coefficient (Wildman–Crippen LogP) is 2.94. The van der Waals surface area contributed by atoms with Gasteiger partial charge in [0.1, 0.15) is 23.6 Å². The summed E-state index contributed by atoms with van der Waals surface area (Å²) in [5.74, 6) is 0.592. The maximum atomic E-state index is 13.2. The van der Waals surface area contributed by atoms with Crippen molar-refractivity contribution >= 4 is 11.8 Å². The highest BCUT2D eigenvalue weighted by Crippen LogP contribution is 2.28. The molecule has 3 rings (SSSR count).